The number of hydrogen-bond donors (Lipinski definition) is 1. The predicted octanol–water partition coefficient (Wildman–Crippen LogP) is 2.07. The molecular weight excluding hydrogens is 262 g/mol. The fraction of sp³-hybridized carbons (Fsp3) is 0.375. The van der Waals surface area contributed by atoms with Gasteiger partial charge in [0.2, 0.25) is 0 Å². The summed E-state index contributed by atoms with van der Waals surface area (Å²) in [6.07, 6.45) is 6.51. The minimum atomic E-state index is 0.742. The van der Waals surface area contributed by atoms with Crippen molar-refractivity contribution in [2.75, 3.05) is 0 Å². The Kier molecular flexibility index (Phi) is 3.00. The molecular formula is C16H19N5. The molecule has 0 atom stereocenters. The second kappa shape index (κ2) is 5.00. The maximum Gasteiger partial charge on any atom is 0.152 e. The summed E-state index contributed by atoms with van der Waals surface area (Å²) >= 11 is 0. The van der Waals surface area contributed by atoms with Crippen molar-refractivity contribution in [2.24, 2.45) is 7.05 Å². The first-order chi connectivity index (χ1) is 10.3. The van der Waals surface area contributed by atoms with Crippen LogP contribution in [0.15, 0.2) is 36.8 Å². The first-order valence-corrected chi connectivity index (χ1v) is 7.43. The Labute approximate surface area is 123 Å². The molecule has 2 aromatic heterocycles. The first kappa shape index (κ1) is 12.6. The summed E-state index contributed by atoms with van der Waals surface area (Å²) in [5.41, 5.74) is 2.60. The smallest absolute Gasteiger partial charge is 0.152 e. The SMILES string of the molecule is Cn1cnnc1Cn1ccc2ccc(CNC3CC3)cc21. The summed E-state index contributed by atoms with van der Waals surface area (Å²) in [6.45, 7) is 1.70. The number of rotatable bonds is 5. The lowest BCUT2D eigenvalue weighted by Crippen LogP contribution is -2.15. The monoisotopic (exact) mass is 281 g/mol. The zero-order valence-corrected chi connectivity index (χ0v) is 12.2. The number of benzene rings is 1. The van der Waals surface area contributed by atoms with Gasteiger partial charge >= 0.3 is 0 Å². The first-order valence-electron chi connectivity index (χ1n) is 7.43. The van der Waals surface area contributed by atoms with Crippen molar-refractivity contribution in [3.63, 3.8) is 0 Å². The normalized spacial score (nSPS) is 14.9. The van der Waals surface area contributed by atoms with E-state index < -0.39 is 0 Å². The number of fused-ring (bicyclic) bond motifs is 1. The van der Waals surface area contributed by atoms with Gasteiger partial charge in [0, 0.05) is 31.3 Å². The van der Waals surface area contributed by atoms with Crippen LogP contribution in [0, 0.1) is 0 Å². The molecule has 108 valence electrons. The van der Waals surface area contributed by atoms with Gasteiger partial charge in [-0.05, 0) is 35.9 Å². The standard InChI is InChI=1S/C16H19N5/c1-20-11-18-19-16(20)10-21-7-6-13-3-2-12(8-15(13)21)9-17-14-4-5-14/h2-3,6-8,11,14,17H,4-5,9-10H2,1H3. The average Bonchev–Trinajstić information content (AvgIpc) is 3.13. The van der Waals surface area contributed by atoms with E-state index in [2.05, 4.69) is 50.5 Å². The van der Waals surface area contributed by atoms with Gasteiger partial charge in [-0.2, -0.15) is 0 Å². The molecule has 0 bridgehead atoms. The van der Waals surface area contributed by atoms with Gasteiger partial charge in [0.05, 0.1) is 6.54 Å². The van der Waals surface area contributed by atoms with Gasteiger partial charge in [-0.3, -0.25) is 0 Å². The Hall–Kier alpha value is -2.14. The third kappa shape index (κ3) is 2.56. The van der Waals surface area contributed by atoms with Crippen LogP contribution in [0.2, 0.25) is 0 Å². The molecule has 0 saturated heterocycles. The molecule has 3 aromatic rings. The Morgan fingerprint density at radius 1 is 1.29 bits per heavy atom. The maximum absolute atomic E-state index is 4.17. The average molecular weight is 281 g/mol. The molecule has 5 nitrogen and oxygen atoms in total. The summed E-state index contributed by atoms with van der Waals surface area (Å²) in [5.74, 6) is 0.967. The van der Waals surface area contributed by atoms with Crippen molar-refractivity contribution in [3.8, 4) is 0 Å². The molecule has 5 heteroatoms. The lowest BCUT2D eigenvalue weighted by atomic mass is 10.1. The van der Waals surface area contributed by atoms with Crippen molar-refractivity contribution >= 4 is 10.9 Å². The van der Waals surface area contributed by atoms with Crippen molar-refractivity contribution in [1.29, 1.82) is 0 Å². The zero-order chi connectivity index (χ0) is 14.2. The lowest BCUT2D eigenvalue weighted by molar-refractivity contribution is 0.687. The highest BCUT2D eigenvalue weighted by atomic mass is 15.3. The summed E-state index contributed by atoms with van der Waals surface area (Å²) in [7, 11) is 1.98. The van der Waals surface area contributed by atoms with Crippen molar-refractivity contribution in [3.05, 3.63) is 48.2 Å². The van der Waals surface area contributed by atoms with E-state index in [-0.39, 0.29) is 0 Å². The van der Waals surface area contributed by atoms with Gasteiger partial charge in [0.15, 0.2) is 5.82 Å². The van der Waals surface area contributed by atoms with Crippen LogP contribution in [-0.2, 0) is 20.1 Å². The molecule has 1 aromatic carbocycles. The molecule has 0 amide bonds. The third-order valence-corrected chi connectivity index (χ3v) is 4.13. The van der Waals surface area contributed by atoms with Crippen LogP contribution in [0.4, 0.5) is 0 Å². The van der Waals surface area contributed by atoms with Crippen LogP contribution in [0.25, 0.3) is 10.9 Å². The number of aryl methyl sites for hydroxylation is 1. The van der Waals surface area contributed by atoms with Gasteiger partial charge in [-0.15, -0.1) is 10.2 Å². The van der Waals surface area contributed by atoms with Crippen LogP contribution in [-0.4, -0.2) is 25.4 Å². The largest absolute Gasteiger partial charge is 0.340 e. The third-order valence-electron chi connectivity index (χ3n) is 4.13. The highest BCUT2D eigenvalue weighted by molar-refractivity contribution is 5.80. The Balaban J connectivity index is 1.61. The van der Waals surface area contributed by atoms with E-state index in [4.69, 9.17) is 0 Å². The fourth-order valence-corrected chi connectivity index (χ4v) is 2.63. The number of nitrogens with one attached hydrogen (secondary N) is 1. The van der Waals surface area contributed by atoms with E-state index in [9.17, 15) is 0 Å². The predicted molar refractivity (Wildman–Crippen MR) is 81.9 cm³/mol. The van der Waals surface area contributed by atoms with Crippen LogP contribution in [0.5, 0.6) is 0 Å². The van der Waals surface area contributed by atoms with Gasteiger partial charge < -0.3 is 14.5 Å². The molecule has 1 N–H and O–H groups in total. The van der Waals surface area contributed by atoms with E-state index in [0.29, 0.717) is 0 Å². The zero-order valence-electron chi connectivity index (χ0n) is 12.2. The molecule has 0 aliphatic heterocycles. The second-order valence-electron chi connectivity index (χ2n) is 5.85. The molecule has 1 fully saturated rings. The van der Waals surface area contributed by atoms with Crippen LogP contribution in [0.3, 0.4) is 0 Å². The van der Waals surface area contributed by atoms with E-state index >= 15 is 0 Å². The Morgan fingerprint density at radius 3 is 2.95 bits per heavy atom. The molecule has 21 heavy (non-hydrogen) atoms. The van der Waals surface area contributed by atoms with E-state index in [0.717, 1.165) is 25.0 Å². The summed E-state index contributed by atoms with van der Waals surface area (Å²) in [4.78, 5) is 0. The Morgan fingerprint density at radius 2 is 2.19 bits per heavy atom. The number of nitrogens with zero attached hydrogens (tertiary/aromatic N) is 4. The van der Waals surface area contributed by atoms with Crippen LogP contribution < -0.4 is 5.32 Å². The topological polar surface area (TPSA) is 47.7 Å². The van der Waals surface area contributed by atoms with Crippen molar-refractivity contribution < 1.29 is 0 Å². The molecule has 0 radical (unpaired) electrons. The highest BCUT2D eigenvalue weighted by Gasteiger charge is 2.19. The maximum atomic E-state index is 4.17. The van der Waals surface area contributed by atoms with Gasteiger partial charge in [-0.25, -0.2) is 0 Å². The van der Waals surface area contributed by atoms with Gasteiger partial charge in [0.25, 0.3) is 0 Å². The van der Waals surface area contributed by atoms with E-state index in [1.807, 2.05) is 11.6 Å². The van der Waals surface area contributed by atoms with Crippen molar-refractivity contribution in [2.45, 2.75) is 32.0 Å². The molecule has 4 rings (SSSR count). The molecule has 0 unspecified atom stereocenters. The second-order valence-corrected chi connectivity index (χ2v) is 5.85. The summed E-state index contributed by atoms with van der Waals surface area (Å²) in [6, 6.07) is 9.59. The molecule has 1 saturated carbocycles. The van der Waals surface area contributed by atoms with Gasteiger partial charge in [0.1, 0.15) is 6.33 Å². The highest BCUT2D eigenvalue weighted by Crippen LogP contribution is 2.21. The van der Waals surface area contributed by atoms with E-state index in [1.165, 1.54) is 29.3 Å². The minimum Gasteiger partial charge on any atom is -0.340 e. The summed E-state index contributed by atoms with van der Waals surface area (Å²) < 4.78 is 4.20. The molecule has 1 aliphatic rings. The minimum absolute atomic E-state index is 0.742. The van der Waals surface area contributed by atoms with Gasteiger partial charge in [-0.1, -0.05) is 12.1 Å². The fourth-order valence-electron chi connectivity index (χ4n) is 2.63. The molecule has 1 aliphatic carbocycles. The van der Waals surface area contributed by atoms with E-state index in [1.54, 1.807) is 6.33 Å². The summed E-state index contributed by atoms with van der Waals surface area (Å²) in [5, 5.41) is 13.0. The molecule has 2 heterocycles. The molecule has 0 spiro atoms. The number of aromatic nitrogens is 4. The van der Waals surface area contributed by atoms with Crippen LogP contribution >= 0.6 is 0 Å². The van der Waals surface area contributed by atoms with Crippen molar-refractivity contribution in [1.82, 2.24) is 24.6 Å². The Bertz CT molecular complexity index is 766. The number of hydrogen-bond acceptors (Lipinski definition) is 3. The lowest BCUT2D eigenvalue weighted by Gasteiger charge is -2.07. The van der Waals surface area contributed by atoms with Crippen LogP contribution in [0.1, 0.15) is 24.2 Å². The quantitative estimate of drug-likeness (QED) is 0.779.